The van der Waals surface area contributed by atoms with Gasteiger partial charge in [-0.3, -0.25) is 14.5 Å². The minimum absolute atomic E-state index is 0.0736. The molecule has 0 heterocycles. The van der Waals surface area contributed by atoms with Crippen molar-refractivity contribution in [2.24, 2.45) is 0 Å². The molecule has 25 heavy (non-hydrogen) atoms. The van der Waals surface area contributed by atoms with Crippen LogP contribution >= 0.6 is 11.6 Å². The molecule has 1 N–H and O–H groups in total. The summed E-state index contributed by atoms with van der Waals surface area (Å²) >= 11 is 6.04. The van der Waals surface area contributed by atoms with Gasteiger partial charge < -0.3 is 5.32 Å². The van der Waals surface area contributed by atoms with Crippen molar-refractivity contribution in [1.82, 2.24) is 4.90 Å². The van der Waals surface area contributed by atoms with E-state index in [2.05, 4.69) is 10.2 Å². The van der Waals surface area contributed by atoms with Crippen LogP contribution in [-0.2, 0) is 11.3 Å². The molecule has 0 fully saturated rings. The van der Waals surface area contributed by atoms with Gasteiger partial charge in [0, 0.05) is 23.2 Å². The van der Waals surface area contributed by atoms with E-state index >= 15 is 0 Å². The Labute approximate surface area is 153 Å². The van der Waals surface area contributed by atoms with Crippen LogP contribution in [0.3, 0.4) is 0 Å². The zero-order chi connectivity index (χ0) is 18.4. The highest BCUT2D eigenvalue weighted by molar-refractivity contribution is 6.30. The maximum Gasteiger partial charge on any atom is 0.238 e. The first kappa shape index (κ1) is 19.2. The van der Waals surface area contributed by atoms with Crippen molar-refractivity contribution in [2.45, 2.75) is 33.4 Å². The van der Waals surface area contributed by atoms with Crippen LogP contribution in [0, 0.1) is 0 Å². The van der Waals surface area contributed by atoms with E-state index in [0.29, 0.717) is 22.8 Å². The fourth-order valence-corrected chi connectivity index (χ4v) is 2.78. The summed E-state index contributed by atoms with van der Waals surface area (Å²) in [6.45, 7) is 6.43. The molecular formula is C20H23ClN2O2. The fourth-order valence-electron chi connectivity index (χ4n) is 2.56. The van der Waals surface area contributed by atoms with E-state index in [1.807, 2.05) is 38.1 Å². The highest BCUT2D eigenvalue weighted by Crippen LogP contribution is 2.17. The molecule has 0 aliphatic rings. The summed E-state index contributed by atoms with van der Waals surface area (Å²) in [7, 11) is 0. The zero-order valence-corrected chi connectivity index (χ0v) is 15.5. The summed E-state index contributed by atoms with van der Waals surface area (Å²) in [4.78, 5) is 26.2. The number of carbonyl (C=O) groups excluding carboxylic acids is 2. The van der Waals surface area contributed by atoms with Crippen molar-refractivity contribution in [3.8, 4) is 0 Å². The average Bonchev–Trinajstić information content (AvgIpc) is 2.54. The van der Waals surface area contributed by atoms with Gasteiger partial charge in [0.2, 0.25) is 5.91 Å². The molecule has 0 saturated carbocycles. The maximum absolute atomic E-state index is 12.5. The van der Waals surface area contributed by atoms with E-state index in [1.165, 1.54) is 6.92 Å². The molecule has 1 amide bonds. The number of Topliss-reactive ketones (excluding diaryl/α,β-unsaturated/α-hetero) is 1. The summed E-state index contributed by atoms with van der Waals surface area (Å²) in [5, 5.41) is 3.53. The summed E-state index contributed by atoms with van der Waals surface area (Å²) in [6, 6.07) is 14.8. The molecule has 132 valence electrons. The van der Waals surface area contributed by atoms with E-state index in [-0.39, 0.29) is 24.3 Å². The summed E-state index contributed by atoms with van der Waals surface area (Å²) in [6.07, 6.45) is 0. The van der Waals surface area contributed by atoms with Crippen LogP contribution in [0.4, 0.5) is 5.69 Å². The molecule has 2 aromatic rings. The molecule has 0 unspecified atom stereocenters. The van der Waals surface area contributed by atoms with Crippen LogP contribution in [-0.4, -0.2) is 29.2 Å². The van der Waals surface area contributed by atoms with Crippen LogP contribution in [0.25, 0.3) is 0 Å². The van der Waals surface area contributed by atoms with Gasteiger partial charge in [-0.05, 0) is 50.6 Å². The van der Waals surface area contributed by atoms with Crippen molar-refractivity contribution in [3.63, 3.8) is 0 Å². The first-order chi connectivity index (χ1) is 11.9. The Balaban J connectivity index is 2.07. The number of hydrogen-bond acceptors (Lipinski definition) is 3. The van der Waals surface area contributed by atoms with Crippen LogP contribution in [0.1, 0.15) is 36.7 Å². The molecule has 0 bridgehead atoms. The highest BCUT2D eigenvalue weighted by atomic mass is 35.5. The van der Waals surface area contributed by atoms with Gasteiger partial charge in [-0.1, -0.05) is 35.9 Å². The van der Waals surface area contributed by atoms with E-state index in [0.717, 1.165) is 5.56 Å². The molecule has 2 rings (SSSR count). The molecule has 0 spiro atoms. The Morgan fingerprint density at radius 3 is 2.48 bits per heavy atom. The van der Waals surface area contributed by atoms with Gasteiger partial charge in [-0.2, -0.15) is 0 Å². The minimum Gasteiger partial charge on any atom is -0.324 e. The average molecular weight is 359 g/mol. The molecule has 4 nitrogen and oxygen atoms in total. The Hall–Kier alpha value is -2.17. The number of hydrogen-bond donors (Lipinski definition) is 1. The molecular weight excluding hydrogens is 336 g/mol. The van der Waals surface area contributed by atoms with E-state index in [9.17, 15) is 9.59 Å². The van der Waals surface area contributed by atoms with Crippen LogP contribution < -0.4 is 5.32 Å². The van der Waals surface area contributed by atoms with Crippen molar-refractivity contribution < 1.29 is 9.59 Å². The number of rotatable bonds is 7. The number of nitrogens with zero attached hydrogens (tertiary/aromatic N) is 1. The SMILES string of the molecule is CC(=O)c1ccccc1NC(=O)CN(Cc1cccc(Cl)c1)C(C)C. The predicted octanol–water partition coefficient (Wildman–Crippen LogP) is 4.39. The second-order valence-corrected chi connectivity index (χ2v) is 6.72. The molecule has 2 aromatic carbocycles. The molecule has 0 atom stereocenters. The quantitative estimate of drug-likeness (QED) is 0.747. The highest BCUT2D eigenvalue weighted by Gasteiger charge is 2.16. The summed E-state index contributed by atoms with van der Waals surface area (Å²) in [5.41, 5.74) is 2.12. The number of anilines is 1. The topological polar surface area (TPSA) is 49.4 Å². The number of ketones is 1. The van der Waals surface area contributed by atoms with Gasteiger partial charge in [0.15, 0.2) is 5.78 Å². The number of halogens is 1. The third-order valence-electron chi connectivity index (χ3n) is 3.93. The molecule has 0 saturated heterocycles. The summed E-state index contributed by atoms with van der Waals surface area (Å²) in [5.74, 6) is -0.222. The Morgan fingerprint density at radius 1 is 1.12 bits per heavy atom. The lowest BCUT2D eigenvalue weighted by atomic mass is 10.1. The fraction of sp³-hybridized carbons (Fsp3) is 0.300. The Morgan fingerprint density at radius 2 is 1.84 bits per heavy atom. The lowest BCUT2D eigenvalue weighted by Crippen LogP contribution is -2.37. The second-order valence-electron chi connectivity index (χ2n) is 6.28. The molecule has 0 aliphatic carbocycles. The third-order valence-corrected chi connectivity index (χ3v) is 4.17. The molecule has 0 radical (unpaired) electrons. The lowest BCUT2D eigenvalue weighted by molar-refractivity contribution is -0.117. The van der Waals surface area contributed by atoms with E-state index in [1.54, 1.807) is 24.3 Å². The van der Waals surface area contributed by atoms with E-state index in [4.69, 9.17) is 11.6 Å². The van der Waals surface area contributed by atoms with Crippen LogP contribution in [0.5, 0.6) is 0 Å². The van der Waals surface area contributed by atoms with Gasteiger partial charge in [0.1, 0.15) is 0 Å². The monoisotopic (exact) mass is 358 g/mol. The first-order valence-electron chi connectivity index (χ1n) is 8.25. The Bertz CT molecular complexity index is 759. The number of carbonyl (C=O) groups is 2. The van der Waals surface area contributed by atoms with Gasteiger partial charge >= 0.3 is 0 Å². The summed E-state index contributed by atoms with van der Waals surface area (Å²) < 4.78 is 0. The smallest absolute Gasteiger partial charge is 0.238 e. The molecule has 5 heteroatoms. The van der Waals surface area contributed by atoms with E-state index < -0.39 is 0 Å². The number of benzene rings is 2. The lowest BCUT2D eigenvalue weighted by Gasteiger charge is -2.26. The van der Waals surface area contributed by atoms with Gasteiger partial charge in [0.05, 0.1) is 12.2 Å². The third kappa shape index (κ3) is 5.69. The van der Waals surface area contributed by atoms with Gasteiger partial charge in [0.25, 0.3) is 0 Å². The van der Waals surface area contributed by atoms with Gasteiger partial charge in [-0.25, -0.2) is 0 Å². The molecule has 0 aliphatic heterocycles. The number of amides is 1. The van der Waals surface area contributed by atoms with Crippen LogP contribution in [0.2, 0.25) is 5.02 Å². The molecule has 0 aromatic heterocycles. The van der Waals surface area contributed by atoms with Crippen molar-refractivity contribution >= 4 is 29.0 Å². The standard InChI is InChI=1S/C20H23ClN2O2/c1-14(2)23(12-16-7-6-8-17(21)11-16)13-20(25)22-19-10-5-4-9-18(19)15(3)24/h4-11,14H,12-13H2,1-3H3,(H,22,25). The number of nitrogens with one attached hydrogen (secondary N) is 1. The maximum atomic E-state index is 12.5. The second kappa shape index (κ2) is 8.79. The van der Waals surface area contributed by atoms with Crippen molar-refractivity contribution in [3.05, 3.63) is 64.7 Å². The van der Waals surface area contributed by atoms with Crippen molar-refractivity contribution in [2.75, 3.05) is 11.9 Å². The minimum atomic E-state index is -0.149. The Kier molecular flexibility index (Phi) is 6.73. The largest absolute Gasteiger partial charge is 0.324 e. The number of para-hydroxylation sites is 1. The normalized spacial score (nSPS) is 11.0. The zero-order valence-electron chi connectivity index (χ0n) is 14.8. The van der Waals surface area contributed by atoms with Gasteiger partial charge in [-0.15, -0.1) is 0 Å². The first-order valence-corrected chi connectivity index (χ1v) is 8.63. The predicted molar refractivity (Wildman–Crippen MR) is 102 cm³/mol. The van der Waals surface area contributed by atoms with Crippen molar-refractivity contribution in [1.29, 1.82) is 0 Å². The van der Waals surface area contributed by atoms with Crippen LogP contribution in [0.15, 0.2) is 48.5 Å².